The first kappa shape index (κ1) is 22.9. The van der Waals surface area contributed by atoms with Gasteiger partial charge in [-0.3, -0.25) is 0 Å². The third kappa shape index (κ3) is 6.89. The van der Waals surface area contributed by atoms with E-state index in [0.717, 1.165) is 61.6 Å². The van der Waals surface area contributed by atoms with E-state index in [1.807, 2.05) is 36.7 Å². The number of aliphatic imine (C=N–C) groups is 1. The summed E-state index contributed by atoms with van der Waals surface area (Å²) in [6.45, 7) is 4.75. The number of ether oxygens (including phenoxy) is 1. The molecule has 1 atom stereocenters. The van der Waals surface area contributed by atoms with Crippen molar-refractivity contribution in [3.05, 3.63) is 46.5 Å². The molecule has 0 spiro atoms. The zero-order chi connectivity index (χ0) is 19.1. The van der Waals surface area contributed by atoms with Crippen LogP contribution < -0.4 is 10.6 Å². The Morgan fingerprint density at radius 1 is 1.36 bits per heavy atom. The Morgan fingerprint density at radius 2 is 2.21 bits per heavy atom. The second-order valence-corrected chi connectivity index (χ2v) is 7.15. The van der Waals surface area contributed by atoms with E-state index in [2.05, 4.69) is 31.9 Å². The van der Waals surface area contributed by atoms with Crippen molar-refractivity contribution in [1.29, 1.82) is 0 Å². The van der Waals surface area contributed by atoms with Crippen molar-refractivity contribution in [3.8, 4) is 0 Å². The molecule has 0 bridgehead atoms. The summed E-state index contributed by atoms with van der Waals surface area (Å²) in [5.41, 5.74) is 1.19. The Hall–Kier alpha value is -1.39. The van der Waals surface area contributed by atoms with Crippen LogP contribution in [-0.2, 0) is 24.8 Å². The zero-order valence-electron chi connectivity index (χ0n) is 16.3. The number of guanidine groups is 1. The number of halogens is 2. The van der Waals surface area contributed by atoms with Gasteiger partial charge in [-0.1, -0.05) is 23.7 Å². The number of hydrogen-bond donors (Lipinski definition) is 2. The Labute approximate surface area is 188 Å². The van der Waals surface area contributed by atoms with Crippen LogP contribution in [0.1, 0.15) is 30.1 Å². The maximum atomic E-state index is 6.06. The quantitative estimate of drug-likeness (QED) is 0.335. The lowest BCUT2D eigenvalue weighted by Gasteiger charge is -2.15. The van der Waals surface area contributed by atoms with Crippen LogP contribution in [0.4, 0.5) is 0 Å². The molecule has 2 aromatic rings. The molecule has 1 aliphatic heterocycles. The van der Waals surface area contributed by atoms with Crippen LogP contribution in [0.25, 0.3) is 0 Å². The number of benzene rings is 1. The van der Waals surface area contributed by atoms with Crippen LogP contribution in [0.2, 0.25) is 5.02 Å². The average molecular weight is 519 g/mol. The smallest absolute Gasteiger partial charge is 0.191 e. The van der Waals surface area contributed by atoms with E-state index in [1.165, 1.54) is 5.56 Å². The highest BCUT2D eigenvalue weighted by Crippen LogP contribution is 2.11. The summed E-state index contributed by atoms with van der Waals surface area (Å²) in [7, 11) is 1.95. The predicted octanol–water partition coefficient (Wildman–Crippen LogP) is 2.85. The number of nitrogens with zero attached hydrogens (tertiary/aromatic N) is 4. The SMILES string of the molecule is Cc1nnc(CN=C(NCCc2cccc(Cl)c2)NCC2CCCO2)n1C.I. The maximum Gasteiger partial charge on any atom is 0.191 e. The van der Waals surface area contributed by atoms with E-state index in [-0.39, 0.29) is 30.1 Å². The van der Waals surface area contributed by atoms with E-state index in [9.17, 15) is 0 Å². The lowest BCUT2D eigenvalue weighted by Crippen LogP contribution is -2.42. The molecule has 1 unspecified atom stereocenters. The third-order valence-corrected chi connectivity index (χ3v) is 4.91. The van der Waals surface area contributed by atoms with Crippen molar-refractivity contribution >= 4 is 41.5 Å². The van der Waals surface area contributed by atoms with E-state index < -0.39 is 0 Å². The largest absolute Gasteiger partial charge is 0.376 e. The van der Waals surface area contributed by atoms with Crippen LogP contribution in [0, 0.1) is 6.92 Å². The number of rotatable bonds is 7. The standard InChI is InChI=1S/C19H27ClN6O.HI/c1-14-24-25-18(26(14)2)13-23-19(22-12-17-7-4-10-27-17)21-9-8-15-5-3-6-16(20)11-15;/h3,5-6,11,17H,4,7-10,12-13H2,1-2H3,(H2,21,22,23);1H. The zero-order valence-corrected chi connectivity index (χ0v) is 19.4. The molecule has 2 N–H and O–H groups in total. The number of hydrogen-bond acceptors (Lipinski definition) is 4. The first-order valence-electron chi connectivity index (χ1n) is 9.35. The first-order valence-corrected chi connectivity index (χ1v) is 9.72. The van der Waals surface area contributed by atoms with Gasteiger partial charge in [0.15, 0.2) is 11.8 Å². The molecular weight excluding hydrogens is 491 g/mol. The fourth-order valence-corrected chi connectivity index (χ4v) is 3.16. The van der Waals surface area contributed by atoms with E-state index in [1.54, 1.807) is 0 Å². The molecule has 2 heterocycles. The molecule has 1 aromatic heterocycles. The van der Waals surface area contributed by atoms with Gasteiger partial charge in [-0.05, 0) is 43.9 Å². The van der Waals surface area contributed by atoms with Crippen molar-refractivity contribution in [2.24, 2.45) is 12.0 Å². The lowest BCUT2D eigenvalue weighted by atomic mass is 10.1. The number of aryl methyl sites for hydroxylation is 1. The fraction of sp³-hybridized carbons (Fsp3) is 0.526. The molecule has 1 aromatic carbocycles. The van der Waals surface area contributed by atoms with Gasteiger partial charge in [0.25, 0.3) is 0 Å². The second kappa shape index (κ2) is 11.6. The van der Waals surface area contributed by atoms with Crippen molar-refractivity contribution in [2.75, 3.05) is 19.7 Å². The highest BCUT2D eigenvalue weighted by molar-refractivity contribution is 14.0. The lowest BCUT2D eigenvalue weighted by molar-refractivity contribution is 0.114. The predicted molar refractivity (Wildman–Crippen MR) is 122 cm³/mol. The summed E-state index contributed by atoms with van der Waals surface area (Å²) in [5, 5.41) is 15.8. The van der Waals surface area contributed by atoms with Crippen LogP contribution >= 0.6 is 35.6 Å². The van der Waals surface area contributed by atoms with Gasteiger partial charge in [0, 0.05) is 31.8 Å². The molecule has 3 rings (SSSR count). The summed E-state index contributed by atoms with van der Waals surface area (Å²) in [4.78, 5) is 4.67. The van der Waals surface area contributed by atoms with Crippen molar-refractivity contribution in [2.45, 2.75) is 38.8 Å². The van der Waals surface area contributed by atoms with Gasteiger partial charge in [0.05, 0.1) is 6.10 Å². The van der Waals surface area contributed by atoms with Gasteiger partial charge >= 0.3 is 0 Å². The fourth-order valence-electron chi connectivity index (χ4n) is 2.95. The van der Waals surface area contributed by atoms with Crippen molar-refractivity contribution in [1.82, 2.24) is 25.4 Å². The molecule has 28 heavy (non-hydrogen) atoms. The van der Waals surface area contributed by atoms with Crippen LogP contribution in [0.3, 0.4) is 0 Å². The molecule has 1 aliphatic rings. The molecule has 0 amide bonds. The van der Waals surface area contributed by atoms with Gasteiger partial charge in [-0.25, -0.2) is 4.99 Å². The van der Waals surface area contributed by atoms with E-state index >= 15 is 0 Å². The van der Waals surface area contributed by atoms with Crippen LogP contribution in [0.15, 0.2) is 29.3 Å². The maximum absolute atomic E-state index is 6.06. The molecule has 0 radical (unpaired) electrons. The summed E-state index contributed by atoms with van der Waals surface area (Å²) in [5.74, 6) is 2.47. The molecule has 154 valence electrons. The minimum atomic E-state index is 0. The Kier molecular flexibility index (Phi) is 9.46. The first-order chi connectivity index (χ1) is 13.1. The van der Waals surface area contributed by atoms with Crippen LogP contribution in [-0.4, -0.2) is 46.5 Å². The molecule has 0 saturated carbocycles. The summed E-state index contributed by atoms with van der Waals surface area (Å²) >= 11 is 6.06. The Morgan fingerprint density at radius 3 is 2.89 bits per heavy atom. The van der Waals surface area contributed by atoms with Gasteiger partial charge in [0.2, 0.25) is 0 Å². The topological polar surface area (TPSA) is 76.4 Å². The van der Waals surface area contributed by atoms with Crippen molar-refractivity contribution < 1.29 is 4.74 Å². The summed E-state index contributed by atoms with van der Waals surface area (Å²) in [6.07, 6.45) is 3.33. The van der Waals surface area contributed by atoms with Gasteiger partial charge < -0.3 is 19.9 Å². The minimum absolute atomic E-state index is 0. The van der Waals surface area contributed by atoms with Crippen LogP contribution in [0.5, 0.6) is 0 Å². The normalized spacial score (nSPS) is 16.7. The monoisotopic (exact) mass is 518 g/mol. The average Bonchev–Trinajstić information content (AvgIpc) is 3.28. The second-order valence-electron chi connectivity index (χ2n) is 6.71. The summed E-state index contributed by atoms with van der Waals surface area (Å²) < 4.78 is 7.64. The molecule has 9 heteroatoms. The minimum Gasteiger partial charge on any atom is -0.376 e. The Bertz CT molecular complexity index is 776. The van der Waals surface area contributed by atoms with Crippen molar-refractivity contribution in [3.63, 3.8) is 0 Å². The molecule has 7 nitrogen and oxygen atoms in total. The highest BCUT2D eigenvalue weighted by atomic mass is 127. The molecule has 1 fully saturated rings. The molecule has 0 aliphatic carbocycles. The number of nitrogens with one attached hydrogen (secondary N) is 2. The summed E-state index contributed by atoms with van der Waals surface area (Å²) in [6, 6.07) is 7.92. The van der Waals surface area contributed by atoms with Gasteiger partial charge in [-0.2, -0.15) is 0 Å². The highest BCUT2D eigenvalue weighted by Gasteiger charge is 2.15. The Balaban J connectivity index is 0.00000280. The van der Waals surface area contributed by atoms with Gasteiger partial charge in [-0.15, -0.1) is 34.2 Å². The number of aromatic nitrogens is 3. The molecular formula is C19H28ClIN6O. The molecule has 1 saturated heterocycles. The van der Waals surface area contributed by atoms with Gasteiger partial charge in [0.1, 0.15) is 12.4 Å². The van der Waals surface area contributed by atoms with E-state index in [4.69, 9.17) is 16.3 Å². The third-order valence-electron chi connectivity index (χ3n) is 4.68. The van der Waals surface area contributed by atoms with E-state index in [0.29, 0.717) is 6.54 Å².